The summed E-state index contributed by atoms with van der Waals surface area (Å²) in [6.45, 7) is 0.242. The molecule has 98 valence electrons. The van der Waals surface area contributed by atoms with Crippen molar-refractivity contribution >= 4 is 5.78 Å². The molecule has 0 atom stereocenters. The van der Waals surface area contributed by atoms with Crippen LogP contribution in [0.25, 0.3) is 0 Å². The van der Waals surface area contributed by atoms with Crippen LogP contribution in [0, 0.1) is 0 Å². The zero-order valence-corrected chi connectivity index (χ0v) is 10.5. The molecule has 0 saturated carbocycles. The van der Waals surface area contributed by atoms with Crippen molar-refractivity contribution in [2.45, 2.75) is 12.8 Å². The SMILES string of the molecule is COCOc1cc2c(cc1OCOC)C(=O)CC2. The van der Waals surface area contributed by atoms with Crippen LogP contribution in [0.1, 0.15) is 22.3 Å². The number of hydrogen-bond acceptors (Lipinski definition) is 5. The van der Waals surface area contributed by atoms with Crippen molar-refractivity contribution in [2.75, 3.05) is 27.8 Å². The molecule has 0 unspecified atom stereocenters. The molecule has 0 N–H and O–H groups in total. The second-order valence-corrected chi connectivity index (χ2v) is 3.98. The maximum atomic E-state index is 11.7. The summed E-state index contributed by atoms with van der Waals surface area (Å²) < 4.78 is 20.6. The number of ketones is 1. The van der Waals surface area contributed by atoms with E-state index in [0.717, 1.165) is 12.0 Å². The van der Waals surface area contributed by atoms with Crippen LogP contribution < -0.4 is 9.47 Å². The molecule has 1 aliphatic rings. The summed E-state index contributed by atoms with van der Waals surface area (Å²) in [5.41, 5.74) is 1.71. The van der Waals surface area contributed by atoms with E-state index in [1.165, 1.54) is 7.11 Å². The van der Waals surface area contributed by atoms with E-state index in [4.69, 9.17) is 18.9 Å². The molecule has 1 aromatic carbocycles. The van der Waals surface area contributed by atoms with Gasteiger partial charge in [-0.25, -0.2) is 0 Å². The number of fused-ring (bicyclic) bond motifs is 1. The average molecular weight is 252 g/mol. The van der Waals surface area contributed by atoms with Gasteiger partial charge in [0, 0.05) is 26.2 Å². The minimum Gasteiger partial charge on any atom is -0.464 e. The van der Waals surface area contributed by atoms with Crippen LogP contribution in [-0.4, -0.2) is 33.6 Å². The van der Waals surface area contributed by atoms with Crippen LogP contribution in [0.2, 0.25) is 0 Å². The van der Waals surface area contributed by atoms with Crippen LogP contribution in [0.3, 0.4) is 0 Å². The third kappa shape index (κ3) is 2.63. The van der Waals surface area contributed by atoms with Crippen molar-refractivity contribution in [3.05, 3.63) is 23.3 Å². The largest absolute Gasteiger partial charge is 0.464 e. The van der Waals surface area contributed by atoms with E-state index in [-0.39, 0.29) is 19.4 Å². The van der Waals surface area contributed by atoms with Gasteiger partial charge < -0.3 is 18.9 Å². The van der Waals surface area contributed by atoms with E-state index < -0.39 is 0 Å². The molecule has 5 heteroatoms. The molecule has 0 radical (unpaired) electrons. The molecule has 0 spiro atoms. The molecule has 1 aliphatic carbocycles. The van der Waals surface area contributed by atoms with Crippen molar-refractivity contribution in [3.8, 4) is 11.5 Å². The molecule has 5 nitrogen and oxygen atoms in total. The van der Waals surface area contributed by atoms with Gasteiger partial charge in [-0.05, 0) is 24.1 Å². The summed E-state index contributed by atoms with van der Waals surface area (Å²) >= 11 is 0. The highest BCUT2D eigenvalue weighted by atomic mass is 16.7. The predicted molar refractivity (Wildman–Crippen MR) is 64.1 cm³/mol. The molecule has 0 fully saturated rings. The third-order valence-corrected chi connectivity index (χ3v) is 2.76. The predicted octanol–water partition coefficient (Wildman–Crippen LogP) is 1.78. The molecule has 1 aromatic rings. The lowest BCUT2D eigenvalue weighted by molar-refractivity contribution is 0.0322. The summed E-state index contributed by atoms with van der Waals surface area (Å²) in [7, 11) is 3.08. The first kappa shape index (κ1) is 12.9. The van der Waals surface area contributed by atoms with Gasteiger partial charge in [-0.1, -0.05) is 0 Å². The fourth-order valence-electron chi connectivity index (χ4n) is 1.92. The topological polar surface area (TPSA) is 54.0 Å². The second kappa shape index (κ2) is 5.84. The Kier molecular flexibility index (Phi) is 4.17. The Bertz CT molecular complexity index is 441. The third-order valence-electron chi connectivity index (χ3n) is 2.76. The Morgan fingerprint density at radius 1 is 1.00 bits per heavy atom. The van der Waals surface area contributed by atoms with Gasteiger partial charge in [-0.2, -0.15) is 0 Å². The average Bonchev–Trinajstić information content (AvgIpc) is 2.74. The Balaban J connectivity index is 2.28. The minimum absolute atomic E-state index is 0.107. The quantitative estimate of drug-likeness (QED) is 0.722. The Morgan fingerprint density at radius 3 is 2.22 bits per heavy atom. The van der Waals surface area contributed by atoms with E-state index in [0.29, 0.717) is 23.5 Å². The number of benzene rings is 1. The number of carbonyl (C=O) groups is 1. The number of aryl methyl sites for hydroxylation is 1. The van der Waals surface area contributed by atoms with Gasteiger partial charge >= 0.3 is 0 Å². The van der Waals surface area contributed by atoms with Gasteiger partial charge in [0.25, 0.3) is 0 Å². The van der Waals surface area contributed by atoms with Crippen LogP contribution in [-0.2, 0) is 15.9 Å². The molecule has 0 amide bonds. The van der Waals surface area contributed by atoms with Gasteiger partial charge in [0.15, 0.2) is 30.9 Å². The summed E-state index contributed by atoms with van der Waals surface area (Å²) in [6, 6.07) is 3.55. The number of ether oxygens (including phenoxy) is 4. The summed E-state index contributed by atoms with van der Waals surface area (Å²) in [4.78, 5) is 11.7. The Morgan fingerprint density at radius 2 is 1.61 bits per heavy atom. The fourth-order valence-corrected chi connectivity index (χ4v) is 1.92. The molecule has 0 heterocycles. The van der Waals surface area contributed by atoms with Gasteiger partial charge in [-0.15, -0.1) is 0 Å². The van der Waals surface area contributed by atoms with Crippen molar-refractivity contribution in [2.24, 2.45) is 0 Å². The Labute approximate surface area is 106 Å². The van der Waals surface area contributed by atoms with Crippen molar-refractivity contribution in [1.82, 2.24) is 0 Å². The lowest BCUT2D eigenvalue weighted by atomic mass is 10.1. The number of rotatable bonds is 6. The second-order valence-electron chi connectivity index (χ2n) is 3.98. The van der Waals surface area contributed by atoms with Crippen LogP contribution in [0.5, 0.6) is 11.5 Å². The first-order valence-corrected chi connectivity index (χ1v) is 5.70. The first-order chi connectivity index (χ1) is 8.76. The zero-order valence-electron chi connectivity index (χ0n) is 10.5. The highest BCUT2D eigenvalue weighted by Crippen LogP contribution is 2.35. The maximum Gasteiger partial charge on any atom is 0.188 e. The highest BCUT2D eigenvalue weighted by Gasteiger charge is 2.22. The van der Waals surface area contributed by atoms with Crippen molar-refractivity contribution in [1.29, 1.82) is 0 Å². The van der Waals surface area contributed by atoms with Gasteiger partial charge in [-0.3, -0.25) is 4.79 Å². The van der Waals surface area contributed by atoms with Gasteiger partial charge in [0.2, 0.25) is 0 Å². The van der Waals surface area contributed by atoms with Crippen LogP contribution >= 0.6 is 0 Å². The number of hydrogen-bond donors (Lipinski definition) is 0. The molecule has 2 rings (SSSR count). The van der Waals surface area contributed by atoms with Gasteiger partial charge in [0.1, 0.15) is 0 Å². The first-order valence-electron chi connectivity index (χ1n) is 5.70. The van der Waals surface area contributed by atoms with Crippen molar-refractivity contribution in [3.63, 3.8) is 0 Å². The molecule has 0 aliphatic heterocycles. The summed E-state index contributed by atoms with van der Waals surface area (Å²) in [5.74, 6) is 1.22. The van der Waals surface area contributed by atoms with Crippen LogP contribution in [0.15, 0.2) is 12.1 Å². The summed E-state index contributed by atoms with van der Waals surface area (Å²) in [5, 5.41) is 0. The molecular weight excluding hydrogens is 236 g/mol. The van der Waals surface area contributed by atoms with E-state index in [1.807, 2.05) is 6.07 Å². The van der Waals surface area contributed by atoms with Gasteiger partial charge in [0.05, 0.1) is 0 Å². The number of methoxy groups -OCH3 is 2. The monoisotopic (exact) mass is 252 g/mol. The van der Waals surface area contributed by atoms with E-state index in [1.54, 1.807) is 13.2 Å². The molecule has 18 heavy (non-hydrogen) atoms. The standard InChI is InChI=1S/C13H16O5/c1-15-7-17-12-5-9-3-4-11(14)10(9)6-13(12)18-8-16-2/h5-6H,3-4,7-8H2,1-2H3. The molecule has 0 saturated heterocycles. The zero-order chi connectivity index (χ0) is 13.0. The van der Waals surface area contributed by atoms with Crippen molar-refractivity contribution < 1.29 is 23.7 Å². The summed E-state index contributed by atoms with van der Waals surface area (Å²) in [6.07, 6.45) is 1.30. The lowest BCUT2D eigenvalue weighted by Crippen LogP contribution is -2.05. The normalized spacial score (nSPS) is 13.6. The highest BCUT2D eigenvalue weighted by molar-refractivity contribution is 6.01. The Hall–Kier alpha value is -1.59. The lowest BCUT2D eigenvalue weighted by Gasteiger charge is -2.13. The van der Waals surface area contributed by atoms with E-state index >= 15 is 0 Å². The van der Waals surface area contributed by atoms with Crippen LogP contribution in [0.4, 0.5) is 0 Å². The smallest absolute Gasteiger partial charge is 0.188 e. The van der Waals surface area contributed by atoms with E-state index in [9.17, 15) is 4.79 Å². The molecule has 0 aromatic heterocycles. The number of carbonyl (C=O) groups excluding carboxylic acids is 1. The molecular formula is C13H16O5. The minimum atomic E-state index is 0.107. The number of Topliss-reactive ketones (excluding diaryl/α,β-unsaturated/α-hetero) is 1. The maximum absolute atomic E-state index is 11.7. The molecule has 0 bridgehead atoms. The van der Waals surface area contributed by atoms with E-state index in [2.05, 4.69) is 0 Å². The fraction of sp³-hybridized carbons (Fsp3) is 0.462.